The van der Waals surface area contributed by atoms with Crippen molar-refractivity contribution in [2.45, 2.75) is 39.0 Å². The van der Waals surface area contributed by atoms with Crippen LogP contribution in [0.3, 0.4) is 0 Å². The minimum Gasteiger partial charge on any atom is -0.365 e. The molecule has 2 rings (SSSR count). The van der Waals surface area contributed by atoms with Crippen LogP contribution in [0.4, 0.5) is 0 Å². The summed E-state index contributed by atoms with van der Waals surface area (Å²) < 4.78 is 0. The van der Waals surface area contributed by atoms with Crippen molar-refractivity contribution in [1.82, 2.24) is 5.32 Å². The van der Waals surface area contributed by atoms with E-state index in [9.17, 15) is 0 Å². The molecule has 86 valence electrons. The maximum Gasteiger partial charge on any atom is 0.156 e. The van der Waals surface area contributed by atoms with Crippen molar-refractivity contribution < 1.29 is 0 Å². The van der Waals surface area contributed by atoms with E-state index in [2.05, 4.69) is 17.2 Å². The summed E-state index contributed by atoms with van der Waals surface area (Å²) in [6.07, 6.45) is 7.13. The first-order valence-electron chi connectivity index (χ1n) is 6.25. The van der Waals surface area contributed by atoms with Gasteiger partial charge in [-0.1, -0.05) is 37.9 Å². The van der Waals surface area contributed by atoms with Crippen LogP contribution in [-0.2, 0) is 0 Å². The van der Waals surface area contributed by atoms with Gasteiger partial charge in [-0.3, -0.25) is 4.99 Å². The first-order valence-corrected chi connectivity index (χ1v) is 7.24. The number of aliphatic imine (C=N–C) groups is 1. The Bertz CT molecular complexity index is 228. The van der Waals surface area contributed by atoms with Gasteiger partial charge < -0.3 is 5.32 Å². The van der Waals surface area contributed by atoms with E-state index < -0.39 is 0 Å². The van der Waals surface area contributed by atoms with Gasteiger partial charge in [0.25, 0.3) is 0 Å². The molecule has 0 bridgehead atoms. The van der Waals surface area contributed by atoms with Crippen LogP contribution in [0.1, 0.15) is 39.0 Å². The number of nitrogens with one attached hydrogen (secondary N) is 1. The van der Waals surface area contributed by atoms with Crippen LogP contribution < -0.4 is 5.32 Å². The van der Waals surface area contributed by atoms with Gasteiger partial charge in [0, 0.05) is 12.3 Å². The Morgan fingerprint density at radius 2 is 2.40 bits per heavy atom. The van der Waals surface area contributed by atoms with Crippen molar-refractivity contribution in [3.05, 3.63) is 0 Å². The second kappa shape index (κ2) is 5.78. The molecule has 1 aliphatic heterocycles. The van der Waals surface area contributed by atoms with Crippen molar-refractivity contribution in [2.24, 2.45) is 16.8 Å². The van der Waals surface area contributed by atoms with Gasteiger partial charge in [-0.25, -0.2) is 0 Å². The Hall–Kier alpha value is -0.180. The number of nitrogens with zero attached hydrogens (tertiary/aromatic N) is 1. The highest BCUT2D eigenvalue weighted by molar-refractivity contribution is 8.14. The molecular weight excluding hydrogens is 204 g/mol. The molecular formula is C12H22N2S. The molecule has 0 spiro atoms. The number of hydrogen-bond acceptors (Lipinski definition) is 3. The van der Waals surface area contributed by atoms with Crippen molar-refractivity contribution >= 4 is 16.9 Å². The number of thioether (sulfide) groups is 1. The summed E-state index contributed by atoms with van der Waals surface area (Å²) in [5, 5.41) is 4.64. The monoisotopic (exact) mass is 226 g/mol. The molecule has 0 aromatic rings. The zero-order chi connectivity index (χ0) is 10.5. The molecule has 1 N–H and O–H groups in total. The third-order valence-electron chi connectivity index (χ3n) is 3.46. The van der Waals surface area contributed by atoms with Crippen LogP contribution in [-0.4, -0.2) is 24.0 Å². The zero-order valence-electron chi connectivity index (χ0n) is 9.67. The van der Waals surface area contributed by atoms with E-state index in [1.54, 1.807) is 0 Å². The topological polar surface area (TPSA) is 24.4 Å². The average Bonchev–Trinajstić information content (AvgIpc) is 2.71. The third kappa shape index (κ3) is 3.71. The van der Waals surface area contributed by atoms with E-state index in [4.69, 9.17) is 0 Å². The van der Waals surface area contributed by atoms with Gasteiger partial charge in [0.1, 0.15) is 0 Å². The van der Waals surface area contributed by atoms with Crippen LogP contribution in [0.15, 0.2) is 4.99 Å². The molecule has 0 amide bonds. The molecule has 2 aliphatic rings. The summed E-state index contributed by atoms with van der Waals surface area (Å²) in [6, 6.07) is 0. The highest BCUT2D eigenvalue weighted by Crippen LogP contribution is 2.30. The Balaban J connectivity index is 1.60. The normalized spacial score (nSPS) is 31.4. The van der Waals surface area contributed by atoms with Gasteiger partial charge in [-0.15, -0.1) is 0 Å². The fourth-order valence-corrected chi connectivity index (χ4v) is 3.41. The molecule has 1 aliphatic carbocycles. The summed E-state index contributed by atoms with van der Waals surface area (Å²) in [7, 11) is 0. The fourth-order valence-electron chi connectivity index (χ4n) is 2.65. The zero-order valence-corrected chi connectivity index (χ0v) is 10.5. The Morgan fingerprint density at radius 3 is 3.13 bits per heavy atom. The Labute approximate surface area is 97.3 Å². The molecule has 1 saturated carbocycles. The molecule has 1 fully saturated rings. The van der Waals surface area contributed by atoms with Gasteiger partial charge in [-0.2, -0.15) is 0 Å². The van der Waals surface area contributed by atoms with Crippen molar-refractivity contribution in [1.29, 1.82) is 0 Å². The first-order chi connectivity index (χ1) is 7.34. The molecule has 3 heteroatoms. The lowest BCUT2D eigenvalue weighted by Gasteiger charge is -2.26. The lowest BCUT2D eigenvalue weighted by Crippen LogP contribution is -2.24. The molecule has 0 aromatic heterocycles. The molecule has 15 heavy (non-hydrogen) atoms. The number of hydrogen-bond donors (Lipinski definition) is 1. The second-order valence-electron chi connectivity index (χ2n) is 4.89. The highest BCUT2D eigenvalue weighted by Gasteiger charge is 2.18. The van der Waals surface area contributed by atoms with E-state index in [1.165, 1.54) is 43.0 Å². The van der Waals surface area contributed by atoms with E-state index in [0.717, 1.165) is 24.9 Å². The first kappa shape index (κ1) is 11.3. The van der Waals surface area contributed by atoms with Crippen molar-refractivity contribution in [3.63, 3.8) is 0 Å². The van der Waals surface area contributed by atoms with Crippen LogP contribution in [0.25, 0.3) is 0 Å². The van der Waals surface area contributed by atoms with Crippen LogP contribution in [0.5, 0.6) is 0 Å². The maximum absolute atomic E-state index is 4.40. The number of amidine groups is 1. The minimum atomic E-state index is 0.960. The smallest absolute Gasteiger partial charge is 0.156 e. The van der Waals surface area contributed by atoms with E-state index >= 15 is 0 Å². The van der Waals surface area contributed by atoms with Gasteiger partial charge in [-0.05, 0) is 24.7 Å². The molecule has 2 atom stereocenters. The maximum atomic E-state index is 4.40. The predicted molar refractivity (Wildman–Crippen MR) is 68.5 cm³/mol. The molecule has 0 saturated heterocycles. The predicted octanol–water partition coefficient (Wildman–Crippen LogP) is 2.90. The summed E-state index contributed by atoms with van der Waals surface area (Å²) in [6.45, 7) is 4.53. The highest BCUT2D eigenvalue weighted by atomic mass is 32.2. The SMILES string of the molecule is CC1CCCC(CCNC2=NCCS2)C1. The number of rotatable bonds is 3. The fraction of sp³-hybridized carbons (Fsp3) is 0.917. The average molecular weight is 226 g/mol. The molecule has 0 aromatic carbocycles. The molecule has 1 heterocycles. The van der Waals surface area contributed by atoms with Gasteiger partial charge in [0.15, 0.2) is 5.17 Å². The lowest BCUT2D eigenvalue weighted by atomic mass is 9.81. The Morgan fingerprint density at radius 1 is 1.47 bits per heavy atom. The second-order valence-corrected chi connectivity index (χ2v) is 5.97. The van der Waals surface area contributed by atoms with Gasteiger partial charge in [0.2, 0.25) is 0 Å². The van der Waals surface area contributed by atoms with Gasteiger partial charge in [0.05, 0.1) is 6.54 Å². The molecule has 0 radical (unpaired) electrons. The molecule has 2 unspecified atom stereocenters. The van der Waals surface area contributed by atoms with Crippen LogP contribution in [0, 0.1) is 11.8 Å². The lowest BCUT2D eigenvalue weighted by molar-refractivity contribution is 0.270. The van der Waals surface area contributed by atoms with E-state index in [-0.39, 0.29) is 0 Å². The van der Waals surface area contributed by atoms with E-state index in [0.29, 0.717) is 0 Å². The summed E-state index contributed by atoms with van der Waals surface area (Å²) in [5.41, 5.74) is 0. The largest absolute Gasteiger partial charge is 0.365 e. The van der Waals surface area contributed by atoms with Crippen LogP contribution in [0.2, 0.25) is 0 Å². The van der Waals surface area contributed by atoms with E-state index in [1.807, 2.05) is 11.8 Å². The Kier molecular flexibility index (Phi) is 4.36. The summed E-state index contributed by atoms with van der Waals surface area (Å²) in [5.74, 6) is 3.10. The van der Waals surface area contributed by atoms with Crippen molar-refractivity contribution in [2.75, 3.05) is 18.8 Å². The molecule has 2 nitrogen and oxygen atoms in total. The summed E-state index contributed by atoms with van der Waals surface area (Å²) >= 11 is 1.87. The van der Waals surface area contributed by atoms with Crippen LogP contribution >= 0.6 is 11.8 Å². The van der Waals surface area contributed by atoms with Crippen molar-refractivity contribution in [3.8, 4) is 0 Å². The van der Waals surface area contributed by atoms with Gasteiger partial charge >= 0.3 is 0 Å². The standard InChI is InChI=1S/C12H22N2S/c1-10-3-2-4-11(9-10)5-6-13-12-14-7-8-15-12/h10-11H,2-9H2,1H3,(H,13,14). The minimum absolute atomic E-state index is 0.960. The third-order valence-corrected chi connectivity index (χ3v) is 4.39. The quantitative estimate of drug-likeness (QED) is 0.800. The summed E-state index contributed by atoms with van der Waals surface area (Å²) in [4.78, 5) is 4.40.